The molecule has 78 valence electrons. The maximum atomic E-state index is 11.0. The van der Waals surface area contributed by atoms with Crippen LogP contribution in [0.5, 0.6) is 5.75 Å². The molecule has 0 spiro atoms. The maximum Gasteiger partial charge on any atom is 0.262 e. The molecule has 6 nitrogen and oxygen atoms in total. The number of nitrogens with one attached hydrogen (secondary N) is 1. The van der Waals surface area contributed by atoms with Crippen molar-refractivity contribution >= 4 is 17.4 Å². The van der Waals surface area contributed by atoms with Crippen LogP contribution in [-0.2, 0) is 4.79 Å². The number of ether oxygens (including phenoxy) is 1. The van der Waals surface area contributed by atoms with E-state index in [0.29, 0.717) is 17.0 Å². The van der Waals surface area contributed by atoms with Crippen molar-refractivity contribution < 1.29 is 14.7 Å². The molecule has 0 saturated heterocycles. The third-order valence-corrected chi connectivity index (χ3v) is 2.02. The van der Waals surface area contributed by atoms with Gasteiger partial charge in [0.05, 0.1) is 5.69 Å². The molecule has 0 radical (unpaired) electrons. The predicted molar refractivity (Wildman–Crippen MR) is 53.1 cm³/mol. The highest BCUT2D eigenvalue weighted by Gasteiger charge is 2.16. The first-order valence-corrected chi connectivity index (χ1v) is 4.25. The minimum atomic E-state index is -0.223. The highest BCUT2D eigenvalue weighted by molar-refractivity contribution is 6.01. The van der Waals surface area contributed by atoms with Crippen molar-refractivity contribution in [2.75, 3.05) is 11.9 Å². The fourth-order valence-corrected chi connectivity index (χ4v) is 1.30. The van der Waals surface area contributed by atoms with E-state index in [1.807, 2.05) is 0 Å². The number of nitrogens with two attached hydrogens (primary N) is 1. The van der Waals surface area contributed by atoms with E-state index in [9.17, 15) is 4.79 Å². The highest BCUT2D eigenvalue weighted by atomic mass is 16.5. The van der Waals surface area contributed by atoms with Crippen molar-refractivity contribution in [1.29, 1.82) is 0 Å². The Balaban J connectivity index is 2.41. The van der Waals surface area contributed by atoms with Gasteiger partial charge >= 0.3 is 0 Å². The summed E-state index contributed by atoms with van der Waals surface area (Å²) in [6, 6.07) is 4.88. The Labute approximate surface area is 85.3 Å². The molecule has 0 unspecified atom stereocenters. The molecule has 0 aliphatic carbocycles. The maximum absolute atomic E-state index is 11.0. The minimum absolute atomic E-state index is 0.00984. The predicted octanol–water partition coefficient (Wildman–Crippen LogP) is 0.112. The van der Waals surface area contributed by atoms with Gasteiger partial charge in [0.25, 0.3) is 5.91 Å². The van der Waals surface area contributed by atoms with E-state index in [1.165, 1.54) is 0 Å². The topological polar surface area (TPSA) is 96.9 Å². The van der Waals surface area contributed by atoms with Gasteiger partial charge in [-0.05, 0) is 18.2 Å². The number of hydrogen-bond acceptors (Lipinski definition) is 4. The summed E-state index contributed by atoms with van der Waals surface area (Å²) in [7, 11) is 0. The molecule has 1 aromatic rings. The zero-order valence-corrected chi connectivity index (χ0v) is 7.73. The molecule has 1 amide bonds. The van der Waals surface area contributed by atoms with Gasteiger partial charge in [-0.25, -0.2) is 0 Å². The summed E-state index contributed by atoms with van der Waals surface area (Å²) in [5.74, 6) is 0.334. The van der Waals surface area contributed by atoms with Crippen LogP contribution in [0.1, 0.15) is 5.56 Å². The lowest BCUT2D eigenvalue weighted by Crippen LogP contribution is -2.26. The molecule has 1 heterocycles. The third-order valence-electron chi connectivity index (χ3n) is 2.02. The number of anilines is 1. The van der Waals surface area contributed by atoms with E-state index in [2.05, 4.69) is 10.5 Å². The Bertz CT molecular complexity index is 442. The van der Waals surface area contributed by atoms with Crippen LogP contribution in [-0.4, -0.2) is 23.6 Å². The average molecular weight is 207 g/mol. The van der Waals surface area contributed by atoms with E-state index in [-0.39, 0.29) is 18.3 Å². The highest BCUT2D eigenvalue weighted by Crippen LogP contribution is 2.28. The first-order valence-electron chi connectivity index (χ1n) is 4.25. The number of rotatable bonds is 1. The number of amides is 1. The Morgan fingerprint density at radius 3 is 3.13 bits per heavy atom. The zero-order valence-electron chi connectivity index (χ0n) is 7.73. The molecule has 0 saturated carbocycles. The molecule has 2 rings (SSSR count). The molecular weight excluding hydrogens is 198 g/mol. The number of oxime groups is 1. The van der Waals surface area contributed by atoms with Crippen molar-refractivity contribution in [2.45, 2.75) is 0 Å². The molecule has 1 aliphatic rings. The van der Waals surface area contributed by atoms with E-state index in [1.54, 1.807) is 18.2 Å². The second kappa shape index (κ2) is 3.49. The summed E-state index contributed by atoms with van der Waals surface area (Å²) in [5.41, 5.74) is 6.45. The number of fused-ring (bicyclic) bond motifs is 1. The SMILES string of the molecule is N/C(=N\O)c1ccc2c(c1)NC(=O)CO2. The second-order valence-electron chi connectivity index (χ2n) is 3.03. The van der Waals surface area contributed by atoms with Gasteiger partial charge in [0, 0.05) is 5.56 Å². The molecule has 0 fully saturated rings. The normalized spacial score (nSPS) is 15.2. The van der Waals surface area contributed by atoms with Crippen molar-refractivity contribution in [3.63, 3.8) is 0 Å². The Morgan fingerprint density at radius 1 is 1.60 bits per heavy atom. The largest absolute Gasteiger partial charge is 0.482 e. The van der Waals surface area contributed by atoms with E-state index < -0.39 is 0 Å². The standard InChI is InChI=1S/C9H9N3O3/c10-9(12-14)5-1-2-7-6(3-5)11-8(13)4-15-7/h1-3,14H,4H2,(H2,10,12)(H,11,13). The van der Waals surface area contributed by atoms with Gasteiger partial charge < -0.3 is 21.0 Å². The first-order chi connectivity index (χ1) is 7.20. The molecule has 4 N–H and O–H groups in total. The van der Waals surface area contributed by atoms with Gasteiger partial charge in [-0.2, -0.15) is 0 Å². The lowest BCUT2D eigenvalue weighted by molar-refractivity contribution is -0.118. The molecular formula is C9H9N3O3. The molecule has 1 aliphatic heterocycles. The van der Waals surface area contributed by atoms with Gasteiger partial charge in [0.15, 0.2) is 12.4 Å². The number of hydrogen-bond donors (Lipinski definition) is 3. The van der Waals surface area contributed by atoms with Crippen LogP contribution in [0.2, 0.25) is 0 Å². The minimum Gasteiger partial charge on any atom is -0.482 e. The van der Waals surface area contributed by atoms with Crippen LogP contribution < -0.4 is 15.8 Å². The Morgan fingerprint density at radius 2 is 2.40 bits per heavy atom. The summed E-state index contributed by atoms with van der Waals surface area (Å²) in [4.78, 5) is 11.0. The molecule has 0 bridgehead atoms. The fraction of sp³-hybridized carbons (Fsp3) is 0.111. The lowest BCUT2D eigenvalue weighted by Gasteiger charge is -2.18. The number of carbonyl (C=O) groups is 1. The quantitative estimate of drug-likeness (QED) is 0.263. The van der Waals surface area contributed by atoms with Crippen LogP contribution in [0.4, 0.5) is 5.69 Å². The monoisotopic (exact) mass is 207 g/mol. The summed E-state index contributed by atoms with van der Waals surface area (Å²) in [6.07, 6.45) is 0. The summed E-state index contributed by atoms with van der Waals surface area (Å²) < 4.78 is 5.15. The van der Waals surface area contributed by atoms with Crippen LogP contribution in [0.3, 0.4) is 0 Å². The first kappa shape index (κ1) is 9.32. The van der Waals surface area contributed by atoms with Crippen molar-refractivity contribution in [1.82, 2.24) is 0 Å². The van der Waals surface area contributed by atoms with E-state index in [0.717, 1.165) is 0 Å². The van der Waals surface area contributed by atoms with Crippen LogP contribution in [0.25, 0.3) is 0 Å². The lowest BCUT2D eigenvalue weighted by atomic mass is 10.1. The number of amidine groups is 1. The van der Waals surface area contributed by atoms with E-state index >= 15 is 0 Å². The zero-order chi connectivity index (χ0) is 10.8. The van der Waals surface area contributed by atoms with Gasteiger partial charge in [-0.3, -0.25) is 4.79 Å². The second-order valence-corrected chi connectivity index (χ2v) is 3.03. The summed E-state index contributed by atoms with van der Waals surface area (Å²) in [6.45, 7) is 0.00984. The average Bonchev–Trinajstić information content (AvgIpc) is 2.27. The smallest absolute Gasteiger partial charge is 0.262 e. The van der Waals surface area contributed by atoms with Gasteiger partial charge in [0.2, 0.25) is 0 Å². The molecule has 15 heavy (non-hydrogen) atoms. The van der Waals surface area contributed by atoms with Gasteiger partial charge in [-0.15, -0.1) is 0 Å². The number of nitrogens with zero attached hydrogens (tertiary/aromatic N) is 1. The molecule has 0 atom stereocenters. The van der Waals surface area contributed by atoms with Gasteiger partial charge in [-0.1, -0.05) is 5.16 Å². The van der Waals surface area contributed by atoms with Crippen molar-refractivity contribution in [3.8, 4) is 5.75 Å². The van der Waals surface area contributed by atoms with Gasteiger partial charge in [0.1, 0.15) is 5.75 Å². The van der Waals surface area contributed by atoms with Crippen LogP contribution >= 0.6 is 0 Å². The molecule has 0 aromatic heterocycles. The van der Waals surface area contributed by atoms with Crippen LogP contribution in [0.15, 0.2) is 23.4 Å². The van der Waals surface area contributed by atoms with Crippen molar-refractivity contribution in [3.05, 3.63) is 23.8 Å². The Kier molecular flexibility index (Phi) is 2.17. The summed E-state index contributed by atoms with van der Waals surface area (Å²) in [5, 5.41) is 14.0. The fourth-order valence-electron chi connectivity index (χ4n) is 1.30. The van der Waals surface area contributed by atoms with E-state index in [4.69, 9.17) is 15.7 Å². The Hall–Kier alpha value is -2.24. The third kappa shape index (κ3) is 1.69. The number of benzene rings is 1. The van der Waals surface area contributed by atoms with Crippen molar-refractivity contribution in [2.24, 2.45) is 10.9 Å². The van der Waals surface area contributed by atoms with Crippen LogP contribution in [0, 0.1) is 0 Å². The molecule has 6 heteroatoms. The number of carbonyl (C=O) groups excluding carboxylic acids is 1. The molecule has 1 aromatic carbocycles. The summed E-state index contributed by atoms with van der Waals surface area (Å²) >= 11 is 0.